The van der Waals surface area contributed by atoms with Crippen molar-refractivity contribution in [3.63, 3.8) is 0 Å². The zero-order valence-corrected chi connectivity index (χ0v) is 10.8. The molecule has 0 spiro atoms. The van der Waals surface area contributed by atoms with E-state index >= 15 is 0 Å². The molecule has 1 fully saturated rings. The molecule has 1 saturated carbocycles. The summed E-state index contributed by atoms with van der Waals surface area (Å²) in [7, 11) is 0. The summed E-state index contributed by atoms with van der Waals surface area (Å²) in [6, 6.07) is 10.9. The van der Waals surface area contributed by atoms with Gasteiger partial charge in [0.05, 0.1) is 0 Å². The molecule has 0 amide bonds. The quantitative estimate of drug-likeness (QED) is 0.791. The SMILES string of the molecule is CC1(NCC(N)CCc2ccccc2)CCC1. The molecule has 1 unspecified atom stereocenters. The molecule has 0 radical (unpaired) electrons. The second kappa shape index (κ2) is 5.65. The minimum atomic E-state index is 0.271. The van der Waals surface area contributed by atoms with Gasteiger partial charge in [0, 0.05) is 18.1 Å². The highest BCUT2D eigenvalue weighted by atomic mass is 15.0. The van der Waals surface area contributed by atoms with Crippen LogP contribution in [0.2, 0.25) is 0 Å². The molecule has 3 N–H and O–H groups in total. The molecule has 2 rings (SSSR count). The van der Waals surface area contributed by atoms with Crippen molar-refractivity contribution in [3.05, 3.63) is 35.9 Å². The Morgan fingerprint density at radius 3 is 2.59 bits per heavy atom. The van der Waals surface area contributed by atoms with E-state index < -0.39 is 0 Å². The highest BCUT2D eigenvalue weighted by Gasteiger charge is 2.30. The van der Waals surface area contributed by atoms with Gasteiger partial charge in [-0.25, -0.2) is 0 Å². The number of benzene rings is 1. The molecular weight excluding hydrogens is 208 g/mol. The first kappa shape index (κ1) is 12.6. The predicted molar refractivity (Wildman–Crippen MR) is 73.0 cm³/mol. The minimum Gasteiger partial charge on any atom is -0.327 e. The first-order valence-electron chi connectivity index (χ1n) is 6.72. The Bertz CT molecular complexity index is 330. The Labute approximate surface area is 105 Å². The first-order valence-corrected chi connectivity index (χ1v) is 6.72. The fourth-order valence-corrected chi connectivity index (χ4v) is 2.36. The lowest BCUT2D eigenvalue weighted by Gasteiger charge is -2.40. The number of nitrogens with one attached hydrogen (secondary N) is 1. The van der Waals surface area contributed by atoms with Gasteiger partial charge >= 0.3 is 0 Å². The Balaban J connectivity index is 1.65. The Morgan fingerprint density at radius 1 is 1.29 bits per heavy atom. The zero-order chi connectivity index (χ0) is 12.1. The van der Waals surface area contributed by atoms with Crippen LogP contribution in [-0.2, 0) is 6.42 Å². The Kier molecular flexibility index (Phi) is 4.19. The first-order chi connectivity index (χ1) is 8.18. The minimum absolute atomic E-state index is 0.271. The summed E-state index contributed by atoms with van der Waals surface area (Å²) in [5, 5.41) is 3.61. The Hall–Kier alpha value is -0.860. The monoisotopic (exact) mass is 232 g/mol. The summed E-state index contributed by atoms with van der Waals surface area (Å²) in [4.78, 5) is 0. The largest absolute Gasteiger partial charge is 0.327 e. The molecule has 1 aliphatic rings. The molecule has 1 aliphatic carbocycles. The maximum absolute atomic E-state index is 6.15. The molecule has 1 atom stereocenters. The van der Waals surface area contributed by atoms with Gasteiger partial charge in [-0.15, -0.1) is 0 Å². The summed E-state index contributed by atoms with van der Waals surface area (Å²) >= 11 is 0. The van der Waals surface area contributed by atoms with Gasteiger partial charge in [0.15, 0.2) is 0 Å². The Morgan fingerprint density at radius 2 is 2.00 bits per heavy atom. The van der Waals surface area contributed by atoms with E-state index in [9.17, 15) is 0 Å². The van der Waals surface area contributed by atoms with E-state index in [2.05, 4.69) is 42.6 Å². The highest BCUT2D eigenvalue weighted by molar-refractivity contribution is 5.14. The van der Waals surface area contributed by atoms with Crippen LogP contribution >= 0.6 is 0 Å². The van der Waals surface area contributed by atoms with Gasteiger partial charge in [0.1, 0.15) is 0 Å². The summed E-state index contributed by atoms with van der Waals surface area (Å²) in [6.07, 6.45) is 6.12. The van der Waals surface area contributed by atoms with Crippen LogP contribution in [0.4, 0.5) is 0 Å². The highest BCUT2D eigenvalue weighted by Crippen LogP contribution is 2.30. The summed E-state index contributed by atoms with van der Waals surface area (Å²) < 4.78 is 0. The van der Waals surface area contributed by atoms with E-state index in [1.807, 2.05) is 0 Å². The van der Waals surface area contributed by atoms with Crippen LogP contribution in [0.5, 0.6) is 0 Å². The van der Waals surface area contributed by atoms with Crippen molar-refractivity contribution in [2.24, 2.45) is 5.73 Å². The number of hydrogen-bond donors (Lipinski definition) is 2. The molecule has 0 bridgehead atoms. The number of rotatable bonds is 6. The fourth-order valence-electron chi connectivity index (χ4n) is 2.36. The van der Waals surface area contributed by atoms with E-state index in [0.717, 1.165) is 19.4 Å². The van der Waals surface area contributed by atoms with Gasteiger partial charge in [-0.05, 0) is 44.6 Å². The lowest BCUT2D eigenvalue weighted by atomic mass is 9.78. The van der Waals surface area contributed by atoms with Crippen LogP contribution in [0.15, 0.2) is 30.3 Å². The molecule has 2 heteroatoms. The maximum Gasteiger partial charge on any atom is 0.0168 e. The van der Waals surface area contributed by atoms with Gasteiger partial charge in [-0.2, -0.15) is 0 Å². The molecule has 1 aromatic carbocycles. The molecular formula is C15H24N2. The lowest BCUT2D eigenvalue weighted by Crippen LogP contribution is -2.52. The number of hydrogen-bond acceptors (Lipinski definition) is 2. The van der Waals surface area contributed by atoms with Gasteiger partial charge < -0.3 is 11.1 Å². The van der Waals surface area contributed by atoms with Crippen molar-refractivity contribution in [1.82, 2.24) is 5.32 Å². The van der Waals surface area contributed by atoms with E-state index in [4.69, 9.17) is 5.73 Å². The van der Waals surface area contributed by atoms with Crippen molar-refractivity contribution in [2.75, 3.05) is 6.54 Å². The molecule has 94 valence electrons. The smallest absolute Gasteiger partial charge is 0.0168 e. The van der Waals surface area contributed by atoms with Crippen LogP contribution in [0, 0.1) is 0 Å². The van der Waals surface area contributed by atoms with Crippen molar-refractivity contribution in [1.29, 1.82) is 0 Å². The fraction of sp³-hybridized carbons (Fsp3) is 0.600. The van der Waals surface area contributed by atoms with Gasteiger partial charge in [0.25, 0.3) is 0 Å². The van der Waals surface area contributed by atoms with E-state index in [0.29, 0.717) is 5.54 Å². The van der Waals surface area contributed by atoms with E-state index in [-0.39, 0.29) is 6.04 Å². The molecule has 0 aromatic heterocycles. The second-order valence-electron chi connectivity index (χ2n) is 5.58. The van der Waals surface area contributed by atoms with Crippen LogP contribution in [0.1, 0.15) is 38.2 Å². The average Bonchev–Trinajstić information content (AvgIpc) is 2.33. The summed E-state index contributed by atoms with van der Waals surface area (Å²) in [5.41, 5.74) is 7.91. The normalized spacial score (nSPS) is 19.6. The van der Waals surface area contributed by atoms with Crippen molar-refractivity contribution >= 4 is 0 Å². The molecule has 0 heterocycles. The third kappa shape index (κ3) is 3.83. The summed E-state index contributed by atoms with van der Waals surface area (Å²) in [5.74, 6) is 0. The maximum atomic E-state index is 6.15. The van der Waals surface area contributed by atoms with Crippen molar-refractivity contribution in [3.8, 4) is 0 Å². The van der Waals surface area contributed by atoms with Crippen LogP contribution < -0.4 is 11.1 Å². The molecule has 2 nitrogen and oxygen atoms in total. The van der Waals surface area contributed by atoms with Crippen LogP contribution in [0.3, 0.4) is 0 Å². The van der Waals surface area contributed by atoms with Gasteiger partial charge in [-0.3, -0.25) is 0 Å². The van der Waals surface area contributed by atoms with Gasteiger partial charge in [-0.1, -0.05) is 30.3 Å². The van der Waals surface area contributed by atoms with Crippen molar-refractivity contribution < 1.29 is 0 Å². The number of aryl methyl sites for hydroxylation is 1. The number of nitrogens with two attached hydrogens (primary N) is 1. The van der Waals surface area contributed by atoms with E-state index in [1.165, 1.54) is 24.8 Å². The topological polar surface area (TPSA) is 38.0 Å². The second-order valence-corrected chi connectivity index (χ2v) is 5.58. The van der Waals surface area contributed by atoms with Crippen LogP contribution in [-0.4, -0.2) is 18.1 Å². The molecule has 17 heavy (non-hydrogen) atoms. The van der Waals surface area contributed by atoms with E-state index in [1.54, 1.807) is 0 Å². The molecule has 0 saturated heterocycles. The third-order valence-corrected chi connectivity index (χ3v) is 3.89. The zero-order valence-electron chi connectivity index (χ0n) is 10.8. The third-order valence-electron chi connectivity index (χ3n) is 3.89. The van der Waals surface area contributed by atoms with Gasteiger partial charge in [0.2, 0.25) is 0 Å². The van der Waals surface area contributed by atoms with Crippen LogP contribution in [0.25, 0.3) is 0 Å². The lowest BCUT2D eigenvalue weighted by molar-refractivity contribution is 0.204. The van der Waals surface area contributed by atoms with Crippen molar-refractivity contribution in [2.45, 2.75) is 50.6 Å². The average molecular weight is 232 g/mol. The molecule has 0 aliphatic heterocycles. The summed E-state index contributed by atoms with van der Waals surface area (Å²) in [6.45, 7) is 3.25. The molecule has 1 aromatic rings. The predicted octanol–water partition coefficient (Wildman–Crippen LogP) is 2.48. The standard InChI is InChI=1S/C15H24N2/c1-15(10-5-11-15)17-12-14(16)9-8-13-6-3-2-4-7-13/h2-4,6-7,14,17H,5,8-12,16H2,1H3.